The van der Waals surface area contributed by atoms with Crippen molar-refractivity contribution in [2.45, 2.75) is 19.1 Å². The molecular weight excluding hydrogens is 509 g/mol. The lowest BCUT2D eigenvalue weighted by atomic mass is 10.1. The number of hydrogen-bond donors (Lipinski definition) is 1. The highest BCUT2D eigenvalue weighted by Crippen LogP contribution is 2.51. The SMILES string of the molecule is CC(=CC(=O)O)c1ccc(C(F)(F)[P+](=O)OC(OC(=O)c2ccccc2)OC(=O)c2ccccc2)cc1. The average Bonchev–Trinajstić information content (AvgIpc) is 2.89. The van der Waals surface area contributed by atoms with Crippen molar-refractivity contribution >= 4 is 31.5 Å². The van der Waals surface area contributed by atoms with Gasteiger partial charge in [-0.15, -0.1) is 8.78 Å². The van der Waals surface area contributed by atoms with Crippen LogP contribution in [-0.2, 0) is 29.0 Å². The Bertz CT molecular complexity index is 1260. The highest BCUT2D eigenvalue weighted by molar-refractivity contribution is 7.40. The Morgan fingerprint density at radius 2 is 1.27 bits per heavy atom. The van der Waals surface area contributed by atoms with E-state index in [1.165, 1.54) is 67.6 Å². The van der Waals surface area contributed by atoms with Gasteiger partial charge in [0.25, 0.3) is 0 Å². The van der Waals surface area contributed by atoms with Crippen molar-refractivity contribution in [3.8, 4) is 0 Å². The highest BCUT2D eigenvalue weighted by Gasteiger charge is 2.58. The summed E-state index contributed by atoms with van der Waals surface area (Å²) in [5, 5.41) is 8.83. The molecule has 0 aliphatic heterocycles. The lowest BCUT2D eigenvalue weighted by Crippen LogP contribution is -2.27. The number of rotatable bonds is 10. The molecule has 0 aromatic heterocycles. The Hall–Kier alpha value is -4.27. The van der Waals surface area contributed by atoms with E-state index in [1.54, 1.807) is 12.1 Å². The average molecular weight is 529 g/mol. The molecule has 1 N–H and O–H groups in total. The van der Waals surface area contributed by atoms with Gasteiger partial charge in [-0.25, -0.2) is 14.4 Å². The first-order chi connectivity index (χ1) is 17.6. The molecule has 0 radical (unpaired) electrons. The number of carbonyl (C=O) groups excluding carboxylic acids is 2. The van der Waals surface area contributed by atoms with Crippen molar-refractivity contribution < 1.29 is 46.8 Å². The standard InChI is InChI=1S/C26H19F2O8P/c1-17(16-22(29)30)18-12-14-21(15-13-18)26(27,28)37(33)36-25(34-23(31)19-8-4-2-5-9-19)35-24(32)20-10-6-3-7-11-20/h2-16,25H,1H3/p+1. The number of carbonyl (C=O) groups is 3. The van der Waals surface area contributed by atoms with Crippen LogP contribution in [0.25, 0.3) is 5.57 Å². The second kappa shape index (κ2) is 12.1. The smallest absolute Gasteiger partial charge is 0.478 e. The minimum absolute atomic E-state index is 0.00854. The third-order valence-corrected chi connectivity index (χ3v) is 5.94. The minimum atomic E-state index is -4.09. The van der Waals surface area contributed by atoms with Crippen molar-refractivity contribution in [2.24, 2.45) is 0 Å². The van der Waals surface area contributed by atoms with Crippen molar-refractivity contribution in [1.82, 2.24) is 0 Å². The number of allylic oxidation sites excluding steroid dienone is 1. The summed E-state index contributed by atoms with van der Waals surface area (Å²) in [4.78, 5) is 35.7. The minimum Gasteiger partial charge on any atom is -0.478 e. The third-order valence-electron chi connectivity index (χ3n) is 4.86. The molecule has 0 aliphatic carbocycles. The van der Waals surface area contributed by atoms with E-state index in [2.05, 4.69) is 0 Å². The number of alkyl halides is 2. The number of carboxylic acid groups (broad SMARTS) is 1. The third kappa shape index (κ3) is 7.36. The molecule has 37 heavy (non-hydrogen) atoms. The van der Waals surface area contributed by atoms with Crippen LogP contribution in [0.2, 0.25) is 0 Å². The molecule has 1 unspecified atom stereocenters. The van der Waals surface area contributed by atoms with Crippen LogP contribution in [0.1, 0.15) is 38.8 Å². The normalized spacial score (nSPS) is 12.1. The second-order valence-corrected chi connectivity index (χ2v) is 8.76. The monoisotopic (exact) mass is 529 g/mol. The van der Waals surface area contributed by atoms with E-state index in [-0.39, 0.29) is 11.1 Å². The van der Waals surface area contributed by atoms with Crippen LogP contribution in [-0.4, -0.2) is 29.5 Å². The molecule has 3 rings (SSSR count). The number of benzene rings is 3. The van der Waals surface area contributed by atoms with E-state index in [9.17, 15) is 27.7 Å². The summed E-state index contributed by atoms with van der Waals surface area (Å²) in [5.41, 5.74) is -4.13. The molecule has 0 saturated carbocycles. The molecule has 0 heterocycles. The molecule has 0 bridgehead atoms. The first-order valence-corrected chi connectivity index (χ1v) is 11.8. The number of esters is 2. The molecule has 0 amide bonds. The van der Waals surface area contributed by atoms with E-state index in [0.717, 1.165) is 18.2 Å². The van der Waals surface area contributed by atoms with Gasteiger partial charge in [0, 0.05) is 6.08 Å². The maximum absolute atomic E-state index is 15.0. The van der Waals surface area contributed by atoms with Gasteiger partial charge in [0.1, 0.15) is 0 Å². The van der Waals surface area contributed by atoms with Crippen LogP contribution in [0.15, 0.2) is 91.0 Å². The first-order valence-electron chi connectivity index (χ1n) is 10.6. The van der Waals surface area contributed by atoms with E-state index < -0.39 is 43.6 Å². The van der Waals surface area contributed by atoms with Crippen LogP contribution in [0.3, 0.4) is 0 Å². The van der Waals surface area contributed by atoms with Crippen LogP contribution >= 0.6 is 8.03 Å². The van der Waals surface area contributed by atoms with E-state index in [1.807, 2.05) is 0 Å². The quantitative estimate of drug-likeness (QED) is 0.148. The van der Waals surface area contributed by atoms with E-state index in [0.29, 0.717) is 11.1 Å². The molecule has 190 valence electrons. The maximum atomic E-state index is 15.0. The van der Waals surface area contributed by atoms with Crippen molar-refractivity contribution in [2.75, 3.05) is 0 Å². The van der Waals surface area contributed by atoms with Crippen molar-refractivity contribution in [3.63, 3.8) is 0 Å². The number of aliphatic carboxylic acids is 1. The van der Waals surface area contributed by atoms with E-state index in [4.69, 9.17) is 19.1 Å². The van der Waals surface area contributed by atoms with Crippen LogP contribution < -0.4 is 0 Å². The van der Waals surface area contributed by atoms with Gasteiger partial charge in [0.05, 0.1) is 16.7 Å². The van der Waals surface area contributed by atoms with Gasteiger partial charge in [0.15, 0.2) is 0 Å². The molecule has 11 heteroatoms. The lowest BCUT2D eigenvalue weighted by Gasteiger charge is -2.15. The largest absolute Gasteiger partial charge is 0.599 e. The zero-order chi connectivity index (χ0) is 27.0. The Morgan fingerprint density at radius 3 is 1.70 bits per heavy atom. The molecule has 0 aliphatic rings. The molecule has 8 nitrogen and oxygen atoms in total. The van der Waals surface area contributed by atoms with E-state index >= 15 is 0 Å². The molecule has 3 aromatic rings. The van der Waals surface area contributed by atoms with Gasteiger partial charge in [-0.05, 0) is 59.0 Å². The van der Waals surface area contributed by atoms with Crippen molar-refractivity contribution in [3.05, 3.63) is 113 Å². The fourth-order valence-corrected chi connectivity index (χ4v) is 3.71. The lowest BCUT2D eigenvalue weighted by molar-refractivity contribution is -0.186. The van der Waals surface area contributed by atoms with Gasteiger partial charge in [-0.2, -0.15) is 0 Å². The van der Waals surface area contributed by atoms with Crippen LogP contribution in [0, 0.1) is 0 Å². The second-order valence-electron chi connectivity index (χ2n) is 7.48. The van der Waals surface area contributed by atoms with Crippen molar-refractivity contribution in [1.29, 1.82) is 0 Å². The first kappa shape index (κ1) is 27.3. The molecule has 1 atom stereocenters. The fourth-order valence-electron chi connectivity index (χ4n) is 2.98. The Balaban J connectivity index is 1.81. The van der Waals surface area contributed by atoms with Crippen LogP contribution in [0.5, 0.6) is 0 Å². The Labute approximate surface area is 211 Å². The highest BCUT2D eigenvalue weighted by atomic mass is 31.1. The number of hydrogen-bond acceptors (Lipinski definition) is 7. The van der Waals surface area contributed by atoms with Gasteiger partial charge in [-0.3, -0.25) is 0 Å². The van der Waals surface area contributed by atoms with Crippen LogP contribution in [0.4, 0.5) is 8.78 Å². The predicted molar refractivity (Wildman–Crippen MR) is 128 cm³/mol. The zero-order valence-corrected chi connectivity index (χ0v) is 20.1. The summed E-state index contributed by atoms with van der Waals surface area (Å²) in [6.07, 6.45) is 0.906. The fraction of sp³-hybridized carbons (Fsp3) is 0.115. The Kier molecular flexibility index (Phi) is 8.95. The maximum Gasteiger partial charge on any atom is 0.599 e. The molecule has 0 spiro atoms. The summed E-state index contributed by atoms with van der Waals surface area (Å²) in [6, 6.07) is 19.2. The molecule has 0 saturated heterocycles. The summed E-state index contributed by atoms with van der Waals surface area (Å²) < 4.78 is 57.2. The van der Waals surface area contributed by atoms with Gasteiger partial charge in [-0.1, -0.05) is 53.1 Å². The summed E-state index contributed by atoms with van der Waals surface area (Å²) >= 11 is 0. The summed E-state index contributed by atoms with van der Waals surface area (Å²) in [6.45, 7) is -0.868. The zero-order valence-electron chi connectivity index (χ0n) is 19.2. The topological polar surface area (TPSA) is 116 Å². The Morgan fingerprint density at radius 1 is 0.811 bits per heavy atom. The summed E-state index contributed by atoms with van der Waals surface area (Å²) in [7, 11) is -3.92. The molecule has 0 fully saturated rings. The predicted octanol–water partition coefficient (Wildman–Crippen LogP) is 5.98. The number of halogens is 2. The van der Waals surface area contributed by atoms with Gasteiger partial charge in [0.2, 0.25) is 0 Å². The van der Waals surface area contributed by atoms with Gasteiger partial charge >= 0.3 is 38.1 Å². The van der Waals surface area contributed by atoms with Gasteiger partial charge < -0.3 is 14.6 Å². The molecule has 3 aromatic carbocycles. The number of carboxylic acids is 1. The summed E-state index contributed by atoms with van der Waals surface area (Å²) in [5.74, 6) is -3.34. The molecular formula is C26H20F2O8P+. The number of ether oxygens (including phenoxy) is 2.